The zero-order valence-electron chi connectivity index (χ0n) is 8.62. The van der Waals surface area contributed by atoms with Crippen molar-refractivity contribution in [3.8, 4) is 0 Å². The van der Waals surface area contributed by atoms with Gasteiger partial charge in [0, 0.05) is 0 Å². The molecule has 15 heavy (non-hydrogen) atoms. The van der Waals surface area contributed by atoms with Gasteiger partial charge in [0.15, 0.2) is 0 Å². The van der Waals surface area contributed by atoms with Gasteiger partial charge in [0.05, 0.1) is 17.1 Å². The van der Waals surface area contributed by atoms with Crippen molar-refractivity contribution in [1.82, 2.24) is 4.98 Å². The van der Waals surface area contributed by atoms with E-state index < -0.39 is 10.0 Å². The highest BCUT2D eigenvalue weighted by Crippen LogP contribution is 2.17. The van der Waals surface area contributed by atoms with E-state index in [0.29, 0.717) is 22.4 Å². The molecule has 0 saturated heterocycles. The second-order valence-corrected chi connectivity index (χ2v) is 5.84. The maximum Gasteiger partial charge on any atom is 0.232 e. The van der Waals surface area contributed by atoms with Crippen LogP contribution in [0.15, 0.2) is 16.7 Å². The maximum atomic E-state index is 11.5. The van der Waals surface area contributed by atoms with Gasteiger partial charge in [0.1, 0.15) is 4.60 Å². The molecule has 0 unspecified atom stereocenters. The summed E-state index contributed by atoms with van der Waals surface area (Å²) in [7, 11) is -3.23. The normalized spacial score (nSPS) is 11.4. The SMILES string of the molecule is CCCS(=O)(=O)Nc1ccc(Br)nc1C. The van der Waals surface area contributed by atoms with Crippen LogP contribution in [0, 0.1) is 6.92 Å². The van der Waals surface area contributed by atoms with Crippen LogP contribution in [0.1, 0.15) is 19.0 Å². The smallest absolute Gasteiger partial charge is 0.232 e. The van der Waals surface area contributed by atoms with Gasteiger partial charge in [-0.1, -0.05) is 6.92 Å². The van der Waals surface area contributed by atoms with Gasteiger partial charge in [0.2, 0.25) is 10.0 Å². The third-order valence-electron chi connectivity index (χ3n) is 1.79. The molecule has 0 aromatic carbocycles. The molecule has 0 aliphatic carbocycles. The molecule has 0 saturated carbocycles. The molecular formula is C9H13BrN2O2S. The molecule has 1 aromatic rings. The molecule has 1 rings (SSSR count). The Kier molecular flexibility index (Phi) is 4.10. The van der Waals surface area contributed by atoms with E-state index in [0.717, 1.165) is 0 Å². The van der Waals surface area contributed by atoms with Gasteiger partial charge in [-0.05, 0) is 41.4 Å². The van der Waals surface area contributed by atoms with Gasteiger partial charge in [-0.2, -0.15) is 0 Å². The second-order valence-electron chi connectivity index (χ2n) is 3.19. The largest absolute Gasteiger partial charge is 0.282 e. The number of rotatable bonds is 4. The van der Waals surface area contributed by atoms with Crippen molar-refractivity contribution in [2.24, 2.45) is 0 Å². The summed E-state index contributed by atoms with van der Waals surface area (Å²) in [5.74, 6) is 0.127. The van der Waals surface area contributed by atoms with E-state index in [1.54, 1.807) is 19.1 Å². The standard InChI is InChI=1S/C9H13BrN2O2S/c1-3-6-15(13,14)12-8-4-5-9(10)11-7(8)2/h4-5,12H,3,6H2,1-2H3. The molecule has 0 radical (unpaired) electrons. The first-order valence-corrected chi connectivity index (χ1v) is 7.03. The number of sulfonamides is 1. The summed E-state index contributed by atoms with van der Waals surface area (Å²) in [5.41, 5.74) is 1.19. The van der Waals surface area contributed by atoms with Gasteiger partial charge < -0.3 is 0 Å². The third kappa shape index (κ3) is 3.79. The summed E-state index contributed by atoms with van der Waals surface area (Å²) in [6.07, 6.45) is 0.596. The van der Waals surface area contributed by atoms with Gasteiger partial charge in [0.25, 0.3) is 0 Å². The van der Waals surface area contributed by atoms with E-state index in [4.69, 9.17) is 0 Å². The molecule has 0 atom stereocenters. The lowest BCUT2D eigenvalue weighted by molar-refractivity contribution is 0.600. The minimum atomic E-state index is -3.23. The maximum absolute atomic E-state index is 11.5. The molecule has 0 amide bonds. The van der Waals surface area contributed by atoms with Crippen LogP contribution in [0.25, 0.3) is 0 Å². The molecule has 0 spiro atoms. The van der Waals surface area contributed by atoms with Crippen molar-refractivity contribution in [2.45, 2.75) is 20.3 Å². The van der Waals surface area contributed by atoms with Crippen molar-refractivity contribution in [2.75, 3.05) is 10.5 Å². The molecule has 0 bridgehead atoms. The van der Waals surface area contributed by atoms with Crippen LogP contribution in [0.3, 0.4) is 0 Å². The number of hydrogen-bond acceptors (Lipinski definition) is 3. The third-order valence-corrected chi connectivity index (χ3v) is 3.71. The van der Waals surface area contributed by atoms with Gasteiger partial charge in [-0.25, -0.2) is 13.4 Å². The van der Waals surface area contributed by atoms with Crippen LogP contribution >= 0.6 is 15.9 Å². The minimum Gasteiger partial charge on any atom is -0.282 e. The van der Waals surface area contributed by atoms with E-state index in [1.165, 1.54) is 0 Å². The van der Waals surface area contributed by atoms with Crippen molar-refractivity contribution in [3.05, 3.63) is 22.4 Å². The number of aromatic nitrogens is 1. The molecule has 6 heteroatoms. The van der Waals surface area contributed by atoms with Crippen LogP contribution < -0.4 is 4.72 Å². The zero-order valence-corrected chi connectivity index (χ0v) is 11.0. The monoisotopic (exact) mass is 292 g/mol. The number of nitrogens with zero attached hydrogens (tertiary/aromatic N) is 1. The van der Waals surface area contributed by atoms with E-state index in [-0.39, 0.29) is 5.75 Å². The first kappa shape index (κ1) is 12.4. The fourth-order valence-corrected chi connectivity index (χ4v) is 2.71. The fraction of sp³-hybridized carbons (Fsp3) is 0.444. The molecule has 1 heterocycles. The van der Waals surface area contributed by atoms with Crippen LogP contribution in [-0.4, -0.2) is 19.2 Å². The average molecular weight is 293 g/mol. The molecule has 1 aromatic heterocycles. The van der Waals surface area contributed by atoms with E-state index in [2.05, 4.69) is 25.6 Å². The average Bonchev–Trinajstić information content (AvgIpc) is 2.09. The van der Waals surface area contributed by atoms with Gasteiger partial charge in [-0.15, -0.1) is 0 Å². The number of pyridine rings is 1. The summed E-state index contributed by atoms with van der Waals surface area (Å²) in [5, 5.41) is 0. The summed E-state index contributed by atoms with van der Waals surface area (Å²) < 4.78 is 26.2. The summed E-state index contributed by atoms with van der Waals surface area (Å²) in [4.78, 5) is 4.11. The lowest BCUT2D eigenvalue weighted by Crippen LogP contribution is -2.17. The fourth-order valence-electron chi connectivity index (χ4n) is 1.13. The zero-order chi connectivity index (χ0) is 11.5. The van der Waals surface area contributed by atoms with Crippen molar-refractivity contribution in [3.63, 3.8) is 0 Å². The van der Waals surface area contributed by atoms with Crippen LogP contribution in [-0.2, 0) is 10.0 Å². The Hall–Kier alpha value is -0.620. The quantitative estimate of drug-likeness (QED) is 0.867. The van der Waals surface area contributed by atoms with Crippen LogP contribution in [0.4, 0.5) is 5.69 Å². The Labute approximate surface area is 98.3 Å². The number of halogens is 1. The molecule has 84 valence electrons. The summed E-state index contributed by atoms with van der Waals surface area (Å²) >= 11 is 3.22. The predicted octanol–water partition coefficient (Wildman–Crippen LogP) is 2.30. The molecular weight excluding hydrogens is 280 g/mol. The Morgan fingerprint density at radius 3 is 2.67 bits per heavy atom. The Bertz CT molecular complexity index is 445. The molecule has 4 nitrogen and oxygen atoms in total. The lowest BCUT2D eigenvalue weighted by atomic mass is 10.3. The van der Waals surface area contributed by atoms with E-state index in [9.17, 15) is 8.42 Å². The number of aryl methyl sites for hydroxylation is 1. The number of hydrogen-bond donors (Lipinski definition) is 1. The van der Waals surface area contributed by atoms with Gasteiger partial charge in [-0.3, -0.25) is 4.72 Å². The molecule has 0 aliphatic heterocycles. The van der Waals surface area contributed by atoms with Crippen molar-refractivity contribution in [1.29, 1.82) is 0 Å². The van der Waals surface area contributed by atoms with Crippen LogP contribution in [0.5, 0.6) is 0 Å². The highest BCUT2D eigenvalue weighted by molar-refractivity contribution is 9.10. The second kappa shape index (κ2) is 4.94. The number of anilines is 1. The Morgan fingerprint density at radius 2 is 2.13 bits per heavy atom. The van der Waals surface area contributed by atoms with Crippen molar-refractivity contribution >= 4 is 31.6 Å². The van der Waals surface area contributed by atoms with E-state index in [1.807, 2.05) is 6.92 Å². The molecule has 0 fully saturated rings. The summed E-state index contributed by atoms with van der Waals surface area (Å²) in [6.45, 7) is 3.58. The van der Waals surface area contributed by atoms with E-state index >= 15 is 0 Å². The highest BCUT2D eigenvalue weighted by Gasteiger charge is 2.10. The molecule has 0 aliphatic rings. The first-order chi connectivity index (χ1) is 6.94. The topological polar surface area (TPSA) is 59.1 Å². The molecule has 1 N–H and O–H groups in total. The number of nitrogens with one attached hydrogen (secondary N) is 1. The highest BCUT2D eigenvalue weighted by atomic mass is 79.9. The van der Waals surface area contributed by atoms with Crippen LogP contribution in [0.2, 0.25) is 0 Å². The first-order valence-electron chi connectivity index (χ1n) is 4.58. The van der Waals surface area contributed by atoms with Gasteiger partial charge >= 0.3 is 0 Å². The van der Waals surface area contributed by atoms with Crippen molar-refractivity contribution < 1.29 is 8.42 Å². The summed E-state index contributed by atoms with van der Waals surface area (Å²) in [6, 6.07) is 3.40. The Morgan fingerprint density at radius 1 is 1.47 bits per heavy atom. The minimum absolute atomic E-state index is 0.127. The Balaban J connectivity index is 2.90. The lowest BCUT2D eigenvalue weighted by Gasteiger charge is -2.09. The predicted molar refractivity (Wildman–Crippen MR) is 64.4 cm³/mol.